The number of carbonyl (C=O) groups is 2. The summed E-state index contributed by atoms with van der Waals surface area (Å²) in [5, 5.41) is 2.65. The molecule has 0 spiro atoms. The first-order valence-electron chi connectivity index (χ1n) is 9.47. The summed E-state index contributed by atoms with van der Waals surface area (Å²) in [6.45, 7) is 8.82. The summed E-state index contributed by atoms with van der Waals surface area (Å²) in [4.78, 5) is 49.4. The number of hydrogen-bond acceptors (Lipinski definition) is 5. The zero-order valence-electron chi connectivity index (χ0n) is 17.6. The van der Waals surface area contributed by atoms with E-state index in [1.165, 1.54) is 18.5 Å². The monoisotopic (exact) mass is 401 g/mol. The summed E-state index contributed by atoms with van der Waals surface area (Å²) in [6.07, 6.45) is 1.81. The van der Waals surface area contributed by atoms with Crippen LogP contribution < -0.4 is 22.2 Å². The Hall–Kier alpha value is -3.16. The van der Waals surface area contributed by atoms with Crippen LogP contribution in [0.25, 0.3) is 0 Å². The molecule has 2 rings (SSSR count). The molecular formula is C21H27N3O5. The van der Waals surface area contributed by atoms with Gasteiger partial charge in [0, 0.05) is 18.7 Å². The zero-order chi connectivity index (χ0) is 22.0. The summed E-state index contributed by atoms with van der Waals surface area (Å²) in [6, 6.07) is 1.70. The molecule has 8 nitrogen and oxygen atoms in total. The summed E-state index contributed by atoms with van der Waals surface area (Å²) in [5.41, 5.74) is 5.17. The number of aryl methyl sites for hydroxylation is 1. The number of primary amides is 1. The Kier molecular flexibility index (Phi) is 6.46. The van der Waals surface area contributed by atoms with Gasteiger partial charge in [0.2, 0.25) is 0 Å². The van der Waals surface area contributed by atoms with Gasteiger partial charge in [-0.3, -0.25) is 14.4 Å². The van der Waals surface area contributed by atoms with Crippen molar-refractivity contribution in [3.63, 3.8) is 0 Å². The van der Waals surface area contributed by atoms with Gasteiger partial charge in [-0.1, -0.05) is 20.3 Å². The third-order valence-electron chi connectivity index (χ3n) is 5.22. The minimum absolute atomic E-state index is 0.0646. The quantitative estimate of drug-likeness (QED) is 0.769. The molecule has 2 aromatic heterocycles. The van der Waals surface area contributed by atoms with Crippen molar-refractivity contribution in [2.24, 2.45) is 12.8 Å². The van der Waals surface area contributed by atoms with Gasteiger partial charge in [0.05, 0.1) is 5.69 Å². The van der Waals surface area contributed by atoms with E-state index in [9.17, 15) is 19.2 Å². The van der Waals surface area contributed by atoms with Crippen LogP contribution in [-0.4, -0.2) is 16.4 Å². The zero-order valence-corrected chi connectivity index (χ0v) is 17.6. The van der Waals surface area contributed by atoms with E-state index in [1.54, 1.807) is 19.9 Å². The lowest BCUT2D eigenvalue weighted by Crippen LogP contribution is -2.33. The van der Waals surface area contributed by atoms with Crippen molar-refractivity contribution in [3.8, 4) is 0 Å². The fraction of sp³-hybridized carbons (Fsp3) is 0.429. The number of rotatable bonds is 6. The highest BCUT2D eigenvalue weighted by Crippen LogP contribution is 2.24. The maximum Gasteiger partial charge on any atom is 0.349 e. The van der Waals surface area contributed by atoms with Gasteiger partial charge in [-0.25, -0.2) is 4.79 Å². The Labute approximate surface area is 168 Å². The van der Waals surface area contributed by atoms with Gasteiger partial charge in [0.1, 0.15) is 16.9 Å². The number of anilines is 1. The molecule has 3 N–H and O–H groups in total. The summed E-state index contributed by atoms with van der Waals surface area (Å²) >= 11 is 0. The van der Waals surface area contributed by atoms with Gasteiger partial charge >= 0.3 is 5.63 Å². The normalized spacial score (nSPS) is 11.9. The molecule has 0 aliphatic carbocycles. The molecule has 2 heterocycles. The minimum Gasteiger partial charge on any atom is -0.427 e. The van der Waals surface area contributed by atoms with Crippen LogP contribution in [0.1, 0.15) is 75.9 Å². The number of nitrogens with two attached hydrogens (primary N) is 1. The van der Waals surface area contributed by atoms with Crippen LogP contribution in [0.3, 0.4) is 0 Å². The highest BCUT2D eigenvalue weighted by molar-refractivity contribution is 6.06. The summed E-state index contributed by atoms with van der Waals surface area (Å²) in [7, 11) is 1.47. The number of nitrogens with zero attached hydrogens (tertiary/aromatic N) is 1. The maximum absolute atomic E-state index is 12.9. The van der Waals surface area contributed by atoms with Crippen molar-refractivity contribution in [2.45, 2.75) is 53.4 Å². The van der Waals surface area contributed by atoms with Crippen LogP contribution in [-0.2, 0) is 7.05 Å². The molecule has 1 unspecified atom stereocenters. The molecule has 2 amide bonds. The van der Waals surface area contributed by atoms with Crippen LogP contribution >= 0.6 is 0 Å². The smallest absolute Gasteiger partial charge is 0.349 e. The fourth-order valence-corrected chi connectivity index (χ4v) is 3.42. The number of nitrogens with one attached hydrogen (secondary N) is 1. The summed E-state index contributed by atoms with van der Waals surface area (Å²) < 4.78 is 6.61. The topological polar surface area (TPSA) is 124 Å². The molecule has 0 bridgehead atoms. The van der Waals surface area contributed by atoms with Crippen molar-refractivity contribution in [3.05, 3.63) is 60.5 Å². The highest BCUT2D eigenvalue weighted by atomic mass is 16.4. The molecule has 1 atom stereocenters. The number of aromatic nitrogens is 1. The molecule has 0 aromatic carbocycles. The number of hydrogen-bond donors (Lipinski definition) is 2. The lowest BCUT2D eigenvalue weighted by Gasteiger charge is -2.17. The SMILES string of the molecule is CCCC(C)c1cc(C)c(C(=O)Nc2c(C)c(C(N)=O)c(=O)n(C)c2C)c(=O)o1. The van der Waals surface area contributed by atoms with Gasteiger partial charge in [0.15, 0.2) is 0 Å². The third-order valence-corrected chi connectivity index (χ3v) is 5.22. The number of carbonyl (C=O) groups excluding carboxylic acids is 2. The van der Waals surface area contributed by atoms with E-state index in [0.717, 1.165) is 12.8 Å². The van der Waals surface area contributed by atoms with Crippen LogP contribution in [0, 0.1) is 20.8 Å². The second-order valence-electron chi connectivity index (χ2n) is 7.33. The second-order valence-corrected chi connectivity index (χ2v) is 7.33. The second kappa shape index (κ2) is 8.46. The van der Waals surface area contributed by atoms with Crippen LogP contribution in [0.5, 0.6) is 0 Å². The number of amides is 2. The third kappa shape index (κ3) is 4.16. The van der Waals surface area contributed by atoms with E-state index >= 15 is 0 Å². The largest absolute Gasteiger partial charge is 0.427 e. The summed E-state index contributed by atoms with van der Waals surface area (Å²) in [5.74, 6) is -0.957. The van der Waals surface area contributed by atoms with Crippen molar-refractivity contribution in [1.82, 2.24) is 4.57 Å². The maximum atomic E-state index is 12.9. The van der Waals surface area contributed by atoms with E-state index < -0.39 is 23.0 Å². The van der Waals surface area contributed by atoms with Gasteiger partial charge in [-0.2, -0.15) is 0 Å². The molecule has 8 heteroatoms. The lowest BCUT2D eigenvalue weighted by atomic mass is 10.00. The van der Waals surface area contributed by atoms with E-state index in [2.05, 4.69) is 5.32 Å². The van der Waals surface area contributed by atoms with Crippen LogP contribution in [0.4, 0.5) is 5.69 Å². The highest BCUT2D eigenvalue weighted by Gasteiger charge is 2.23. The predicted molar refractivity (Wildman–Crippen MR) is 111 cm³/mol. The first-order chi connectivity index (χ1) is 13.5. The molecule has 0 radical (unpaired) electrons. The predicted octanol–water partition coefficient (Wildman–Crippen LogP) is 2.52. The first kappa shape index (κ1) is 22.1. The van der Waals surface area contributed by atoms with Crippen LogP contribution in [0.2, 0.25) is 0 Å². The average molecular weight is 401 g/mol. The molecular weight excluding hydrogens is 374 g/mol. The standard InChI is InChI=1S/C21H27N3O5/c1-7-8-10(2)14-9-11(3)15(21(28)29-14)19(26)23-17-12(4)16(18(22)25)20(27)24(6)13(17)5/h9-10H,7-8H2,1-6H3,(H2,22,25)(H,23,26). The molecule has 0 aliphatic rings. The van der Waals surface area contributed by atoms with Crippen molar-refractivity contribution >= 4 is 17.5 Å². The average Bonchev–Trinajstić information content (AvgIpc) is 2.63. The van der Waals surface area contributed by atoms with Gasteiger partial charge in [-0.15, -0.1) is 0 Å². The van der Waals surface area contributed by atoms with Gasteiger partial charge in [0.25, 0.3) is 17.4 Å². The van der Waals surface area contributed by atoms with E-state index in [-0.39, 0.29) is 28.3 Å². The van der Waals surface area contributed by atoms with Gasteiger partial charge < -0.3 is 20.0 Å². The number of pyridine rings is 1. The Morgan fingerprint density at radius 2 is 1.83 bits per heavy atom. The molecule has 29 heavy (non-hydrogen) atoms. The molecule has 0 fully saturated rings. The Morgan fingerprint density at radius 3 is 2.34 bits per heavy atom. The first-order valence-corrected chi connectivity index (χ1v) is 9.47. The molecule has 156 valence electrons. The van der Waals surface area contributed by atoms with Gasteiger partial charge in [-0.05, 0) is 44.4 Å². The Balaban J connectivity index is 2.53. The molecule has 2 aromatic rings. The van der Waals surface area contributed by atoms with E-state index in [0.29, 0.717) is 17.0 Å². The van der Waals surface area contributed by atoms with E-state index in [1.807, 2.05) is 13.8 Å². The van der Waals surface area contributed by atoms with Crippen LogP contribution in [0.15, 0.2) is 20.1 Å². The fourth-order valence-electron chi connectivity index (χ4n) is 3.42. The van der Waals surface area contributed by atoms with Crippen molar-refractivity contribution in [1.29, 1.82) is 0 Å². The van der Waals surface area contributed by atoms with E-state index in [4.69, 9.17) is 10.2 Å². The minimum atomic E-state index is -0.886. The Morgan fingerprint density at radius 1 is 1.21 bits per heavy atom. The Bertz CT molecular complexity index is 1090. The molecule has 0 saturated heterocycles. The van der Waals surface area contributed by atoms with Crippen molar-refractivity contribution < 1.29 is 14.0 Å². The lowest BCUT2D eigenvalue weighted by molar-refractivity contribution is 0.0992. The molecule has 0 aliphatic heterocycles. The molecule has 0 saturated carbocycles. The van der Waals surface area contributed by atoms with Crippen molar-refractivity contribution in [2.75, 3.05) is 5.32 Å².